The van der Waals surface area contributed by atoms with Gasteiger partial charge in [-0.25, -0.2) is 4.98 Å². The minimum Gasteiger partial charge on any atom is -0.507 e. The van der Waals surface area contributed by atoms with E-state index in [-0.39, 0.29) is 11.7 Å². The lowest BCUT2D eigenvalue weighted by Crippen LogP contribution is -2.25. The zero-order valence-corrected chi connectivity index (χ0v) is 10.1. The molecule has 0 saturated carbocycles. The first-order chi connectivity index (χ1) is 8.66. The van der Waals surface area contributed by atoms with E-state index in [9.17, 15) is 9.90 Å². The minimum atomic E-state index is -0.271. The van der Waals surface area contributed by atoms with Crippen molar-refractivity contribution in [3.63, 3.8) is 0 Å². The summed E-state index contributed by atoms with van der Waals surface area (Å²) in [6, 6.07) is 4.99. The number of H-pyrrole nitrogens is 1. The molecular formula is C13H15N3O2. The van der Waals surface area contributed by atoms with Crippen LogP contribution in [0.3, 0.4) is 0 Å². The van der Waals surface area contributed by atoms with E-state index in [2.05, 4.69) is 15.3 Å². The van der Waals surface area contributed by atoms with E-state index in [1.807, 2.05) is 6.92 Å². The number of aromatic amines is 1. The van der Waals surface area contributed by atoms with Crippen molar-refractivity contribution in [1.82, 2.24) is 15.3 Å². The molecule has 0 atom stereocenters. The number of carbonyl (C=O) groups excluding carboxylic acids is 1. The number of benzene rings is 1. The highest BCUT2D eigenvalue weighted by molar-refractivity contribution is 5.96. The number of imidazole rings is 1. The number of carbonyl (C=O) groups is 1. The molecular weight excluding hydrogens is 230 g/mol. The number of aromatic nitrogens is 2. The number of phenolic OH excluding ortho intramolecular Hbond substituents is 1. The Kier molecular flexibility index (Phi) is 3.62. The predicted octanol–water partition coefficient (Wildman–Crippen LogP) is 1.40. The highest BCUT2D eigenvalue weighted by Crippen LogP contribution is 2.17. The zero-order chi connectivity index (χ0) is 13.0. The van der Waals surface area contributed by atoms with Gasteiger partial charge in [-0.05, 0) is 24.6 Å². The van der Waals surface area contributed by atoms with Crippen LogP contribution in [0.2, 0.25) is 0 Å². The number of aromatic hydroxyl groups is 1. The van der Waals surface area contributed by atoms with Crippen LogP contribution in [0.5, 0.6) is 5.75 Å². The summed E-state index contributed by atoms with van der Waals surface area (Å²) < 4.78 is 0. The molecule has 1 aromatic carbocycles. The van der Waals surface area contributed by atoms with E-state index >= 15 is 0 Å². The molecule has 2 rings (SSSR count). The van der Waals surface area contributed by atoms with Gasteiger partial charge in [-0.2, -0.15) is 0 Å². The Morgan fingerprint density at radius 2 is 2.33 bits per heavy atom. The molecule has 1 aromatic heterocycles. The molecule has 0 aliphatic heterocycles. The number of aryl methyl sites for hydroxylation is 1. The summed E-state index contributed by atoms with van der Waals surface area (Å²) in [5.41, 5.74) is 2.18. The van der Waals surface area contributed by atoms with E-state index in [1.54, 1.807) is 30.7 Å². The van der Waals surface area contributed by atoms with Crippen LogP contribution in [-0.2, 0) is 6.42 Å². The minimum absolute atomic E-state index is 0.00837. The zero-order valence-electron chi connectivity index (χ0n) is 10.1. The van der Waals surface area contributed by atoms with Crippen LogP contribution in [0.1, 0.15) is 21.6 Å². The second-order valence-electron chi connectivity index (χ2n) is 4.10. The average molecular weight is 245 g/mol. The van der Waals surface area contributed by atoms with Crippen LogP contribution in [0.25, 0.3) is 0 Å². The normalized spacial score (nSPS) is 10.3. The Labute approximate surface area is 105 Å². The van der Waals surface area contributed by atoms with Gasteiger partial charge in [-0.3, -0.25) is 4.79 Å². The molecule has 0 unspecified atom stereocenters. The predicted molar refractivity (Wildman–Crippen MR) is 67.5 cm³/mol. The molecule has 18 heavy (non-hydrogen) atoms. The largest absolute Gasteiger partial charge is 0.507 e. The summed E-state index contributed by atoms with van der Waals surface area (Å²) in [6.45, 7) is 2.36. The molecule has 1 amide bonds. The fourth-order valence-electron chi connectivity index (χ4n) is 1.66. The van der Waals surface area contributed by atoms with Crippen LogP contribution in [0.4, 0.5) is 0 Å². The van der Waals surface area contributed by atoms with Crippen molar-refractivity contribution in [2.24, 2.45) is 0 Å². The fraction of sp³-hybridized carbons (Fsp3) is 0.231. The first-order valence-corrected chi connectivity index (χ1v) is 5.72. The van der Waals surface area contributed by atoms with Gasteiger partial charge >= 0.3 is 0 Å². The third-order valence-corrected chi connectivity index (χ3v) is 2.63. The van der Waals surface area contributed by atoms with E-state index in [0.717, 1.165) is 11.3 Å². The van der Waals surface area contributed by atoms with Gasteiger partial charge in [-0.1, -0.05) is 6.07 Å². The van der Waals surface area contributed by atoms with Gasteiger partial charge in [0.05, 0.1) is 11.9 Å². The smallest absolute Gasteiger partial charge is 0.255 e. The molecule has 1 heterocycles. The number of rotatable bonds is 4. The summed E-state index contributed by atoms with van der Waals surface area (Å²) in [7, 11) is 0. The molecule has 94 valence electrons. The van der Waals surface area contributed by atoms with Gasteiger partial charge < -0.3 is 15.4 Å². The summed E-state index contributed by atoms with van der Waals surface area (Å²) in [5, 5.41) is 12.4. The number of hydrogen-bond acceptors (Lipinski definition) is 3. The lowest BCUT2D eigenvalue weighted by Gasteiger charge is -2.06. The summed E-state index contributed by atoms with van der Waals surface area (Å²) in [4.78, 5) is 18.7. The Bertz CT molecular complexity index is 535. The molecule has 0 fully saturated rings. The molecule has 0 saturated heterocycles. The number of phenols is 1. The van der Waals surface area contributed by atoms with E-state index in [0.29, 0.717) is 18.5 Å². The summed E-state index contributed by atoms with van der Waals surface area (Å²) >= 11 is 0. The van der Waals surface area contributed by atoms with Crippen molar-refractivity contribution >= 4 is 5.91 Å². The molecule has 0 spiro atoms. The van der Waals surface area contributed by atoms with Crippen LogP contribution in [0, 0.1) is 6.92 Å². The summed E-state index contributed by atoms with van der Waals surface area (Å²) in [6.07, 6.45) is 4.00. The van der Waals surface area contributed by atoms with Crippen molar-refractivity contribution in [2.45, 2.75) is 13.3 Å². The van der Waals surface area contributed by atoms with Crippen LogP contribution < -0.4 is 5.32 Å². The van der Waals surface area contributed by atoms with Crippen molar-refractivity contribution in [3.8, 4) is 5.75 Å². The van der Waals surface area contributed by atoms with Crippen molar-refractivity contribution in [1.29, 1.82) is 0 Å². The maximum Gasteiger partial charge on any atom is 0.255 e. The van der Waals surface area contributed by atoms with Crippen LogP contribution in [0.15, 0.2) is 30.7 Å². The number of amides is 1. The van der Waals surface area contributed by atoms with Crippen molar-refractivity contribution in [3.05, 3.63) is 47.5 Å². The van der Waals surface area contributed by atoms with E-state index in [1.165, 1.54) is 0 Å². The van der Waals surface area contributed by atoms with Crippen molar-refractivity contribution in [2.75, 3.05) is 6.54 Å². The fourth-order valence-corrected chi connectivity index (χ4v) is 1.66. The van der Waals surface area contributed by atoms with E-state index in [4.69, 9.17) is 0 Å². The lowest BCUT2D eigenvalue weighted by atomic mass is 10.1. The average Bonchev–Trinajstić information content (AvgIpc) is 2.81. The van der Waals surface area contributed by atoms with Gasteiger partial charge in [0, 0.05) is 24.9 Å². The maximum atomic E-state index is 11.8. The third kappa shape index (κ3) is 2.88. The molecule has 3 N–H and O–H groups in total. The third-order valence-electron chi connectivity index (χ3n) is 2.63. The van der Waals surface area contributed by atoms with Gasteiger partial charge in [0.1, 0.15) is 5.75 Å². The second kappa shape index (κ2) is 5.35. The van der Waals surface area contributed by atoms with Gasteiger partial charge in [-0.15, -0.1) is 0 Å². The molecule has 0 aliphatic rings. The lowest BCUT2D eigenvalue weighted by molar-refractivity contribution is 0.0951. The highest BCUT2D eigenvalue weighted by Gasteiger charge is 2.10. The monoisotopic (exact) mass is 245 g/mol. The van der Waals surface area contributed by atoms with Gasteiger partial charge in [0.15, 0.2) is 0 Å². The Balaban J connectivity index is 1.91. The Morgan fingerprint density at radius 1 is 1.50 bits per heavy atom. The summed E-state index contributed by atoms with van der Waals surface area (Å²) in [5.74, 6) is -0.263. The van der Waals surface area contributed by atoms with E-state index < -0.39 is 0 Å². The van der Waals surface area contributed by atoms with Crippen molar-refractivity contribution < 1.29 is 9.90 Å². The highest BCUT2D eigenvalue weighted by atomic mass is 16.3. The maximum absolute atomic E-state index is 11.8. The molecule has 5 heteroatoms. The first kappa shape index (κ1) is 12.2. The van der Waals surface area contributed by atoms with Gasteiger partial charge in [0.25, 0.3) is 5.91 Å². The molecule has 0 aliphatic carbocycles. The number of nitrogens with zero attached hydrogens (tertiary/aromatic N) is 1. The van der Waals surface area contributed by atoms with Gasteiger partial charge in [0.2, 0.25) is 0 Å². The molecule has 2 aromatic rings. The Morgan fingerprint density at radius 3 is 3.00 bits per heavy atom. The first-order valence-electron chi connectivity index (χ1n) is 5.72. The SMILES string of the molecule is Cc1ccc(C(=O)NCCc2cnc[nH]2)c(O)c1. The standard InChI is InChI=1S/C13H15N3O2/c1-9-2-3-11(12(17)6-9)13(18)15-5-4-10-7-14-8-16-10/h2-3,6-8,17H,4-5H2,1H3,(H,14,16)(H,15,18). The number of nitrogens with one attached hydrogen (secondary N) is 2. The van der Waals surface area contributed by atoms with Crippen LogP contribution in [-0.4, -0.2) is 27.5 Å². The van der Waals surface area contributed by atoms with Crippen LogP contribution >= 0.6 is 0 Å². The number of hydrogen-bond donors (Lipinski definition) is 3. The topological polar surface area (TPSA) is 78.0 Å². The quantitative estimate of drug-likeness (QED) is 0.761. The second-order valence-corrected chi connectivity index (χ2v) is 4.10. The Hall–Kier alpha value is -2.30. The molecule has 5 nitrogen and oxygen atoms in total. The molecule has 0 bridgehead atoms. The molecule has 0 radical (unpaired) electrons.